The molecule has 114 valence electrons. The number of hydrogen-bond donors (Lipinski definition) is 2. The molecule has 6 heteroatoms. The van der Waals surface area contributed by atoms with Crippen LogP contribution in [0.2, 0.25) is 5.02 Å². The van der Waals surface area contributed by atoms with E-state index >= 15 is 0 Å². The van der Waals surface area contributed by atoms with Crippen LogP contribution in [0.1, 0.15) is 19.7 Å². The summed E-state index contributed by atoms with van der Waals surface area (Å²) in [6.45, 7) is 6.23. The molecule has 0 atom stereocenters. The number of aromatic amines is 1. The van der Waals surface area contributed by atoms with Crippen LogP contribution in [0.15, 0.2) is 23.0 Å². The minimum absolute atomic E-state index is 0.0272. The number of nitrogens with two attached hydrogens (primary N) is 1. The molecule has 1 aromatic carbocycles. The summed E-state index contributed by atoms with van der Waals surface area (Å²) in [6.07, 6.45) is 0. The van der Waals surface area contributed by atoms with Crippen molar-refractivity contribution in [2.75, 3.05) is 20.1 Å². The molecule has 0 amide bonds. The Morgan fingerprint density at radius 1 is 1.43 bits per heavy atom. The first-order valence-electron chi connectivity index (χ1n) is 6.88. The Labute approximate surface area is 129 Å². The van der Waals surface area contributed by atoms with E-state index in [1.165, 1.54) is 0 Å². The van der Waals surface area contributed by atoms with Crippen LogP contribution in [-0.4, -0.2) is 35.0 Å². The number of H-pyrrole nitrogens is 1. The van der Waals surface area contributed by atoms with E-state index in [1.54, 1.807) is 18.2 Å². The van der Waals surface area contributed by atoms with Gasteiger partial charge in [-0.05, 0) is 37.2 Å². The molecule has 21 heavy (non-hydrogen) atoms. The van der Waals surface area contributed by atoms with Gasteiger partial charge in [-0.3, -0.25) is 9.69 Å². The Hall–Kier alpha value is -1.43. The third-order valence-electron chi connectivity index (χ3n) is 3.39. The molecule has 0 spiro atoms. The molecular weight excluding hydrogens is 288 g/mol. The Balaban J connectivity index is 2.24. The van der Waals surface area contributed by atoms with Crippen molar-refractivity contribution in [1.29, 1.82) is 0 Å². The third kappa shape index (κ3) is 4.03. The van der Waals surface area contributed by atoms with Crippen LogP contribution in [0.4, 0.5) is 0 Å². The molecule has 2 rings (SSSR count). The van der Waals surface area contributed by atoms with Crippen LogP contribution in [0.25, 0.3) is 10.9 Å². The van der Waals surface area contributed by atoms with Crippen molar-refractivity contribution >= 4 is 22.5 Å². The molecule has 0 aliphatic carbocycles. The second-order valence-electron chi connectivity index (χ2n) is 6.21. The highest BCUT2D eigenvalue weighted by Crippen LogP contribution is 2.16. The molecule has 1 aromatic heterocycles. The molecule has 0 bridgehead atoms. The van der Waals surface area contributed by atoms with Crippen molar-refractivity contribution in [3.05, 3.63) is 39.4 Å². The van der Waals surface area contributed by atoms with E-state index in [0.29, 0.717) is 34.8 Å². The third-order valence-corrected chi connectivity index (χ3v) is 3.62. The summed E-state index contributed by atoms with van der Waals surface area (Å²) >= 11 is 5.90. The van der Waals surface area contributed by atoms with E-state index in [2.05, 4.69) is 28.7 Å². The van der Waals surface area contributed by atoms with Gasteiger partial charge in [0.25, 0.3) is 5.56 Å². The molecule has 0 aliphatic heterocycles. The van der Waals surface area contributed by atoms with Gasteiger partial charge in [-0.1, -0.05) is 25.4 Å². The van der Waals surface area contributed by atoms with Gasteiger partial charge in [0.1, 0.15) is 5.82 Å². The number of rotatable bonds is 5. The zero-order valence-electron chi connectivity index (χ0n) is 12.6. The number of hydrogen-bond acceptors (Lipinski definition) is 4. The fourth-order valence-electron chi connectivity index (χ4n) is 2.34. The first-order chi connectivity index (χ1) is 9.80. The monoisotopic (exact) mass is 308 g/mol. The van der Waals surface area contributed by atoms with Crippen LogP contribution in [0.5, 0.6) is 0 Å². The fraction of sp³-hybridized carbons (Fsp3) is 0.467. The van der Waals surface area contributed by atoms with Crippen molar-refractivity contribution < 1.29 is 0 Å². The van der Waals surface area contributed by atoms with Gasteiger partial charge in [-0.15, -0.1) is 0 Å². The zero-order chi connectivity index (χ0) is 15.6. The molecule has 0 saturated carbocycles. The molecule has 0 unspecified atom stereocenters. The van der Waals surface area contributed by atoms with Crippen molar-refractivity contribution in [2.24, 2.45) is 11.1 Å². The largest absolute Gasteiger partial charge is 0.330 e. The molecule has 0 saturated heterocycles. The Bertz CT molecular complexity index is 696. The minimum atomic E-state index is -0.163. The molecule has 5 nitrogen and oxygen atoms in total. The van der Waals surface area contributed by atoms with Crippen molar-refractivity contribution in [3.8, 4) is 0 Å². The highest BCUT2D eigenvalue weighted by Gasteiger charge is 2.18. The quantitative estimate of drug-likeness (QED) is 0.886. The van der Waals surface area contributed by atoms with E-state index in [-0.39, 0.29) is 11.0 Å². The summed E-state index contributed by atoms with van der Waals surface area (Å²) in [5.41, 5.74) is 6.27. The van der Waals surface area contributed by atoms with Gasteiger partial charge >= 0.3 is 0 Å². The topological polar surface area (TPSA) is 75.0 Å². The Morgan fingerprint density at radius 2 is 2.14 bits per heavy atom. The Morgan fingerprint density at radius 3 is 2.81 bits per heavy atom. The number of benzene rings is 1. The molecule has 0 radical (unpaired) electrons. The van der Waals surface area contributed by atoms with Crippen LogP contribution < -0.4 is 11.3 Å². The van der Waals surface area contributed by atoms with Crippen molar-refractivity contribution in [3.63, 3.8) is 0 Å². The lowest BCUT2D eigenvalue weighted by Crippen LogP contribution is -2.37. The maximum atomic E-state index is 12.1. The molecule has 0 fully saturated rings. The maximum absolute atomic E-state index is 12.1. The van der Waals surface area contributed by atoms with Gasteiger partial charge in [0.05, 0.1) is 17.4 Å². The summed E-state index contributed by atoms with van der Waals surface area (Å²) in [6, 6.07) is 5.13. The van der Waals surface area contributed by atoms with E-state index < -0.39 is 0 Å². The standard InChI is InChI=1S/C15H21ClN4O/c1-15(2,8-17)9-20(3)7-13-18-12-5-4-10(16)6-11(12)14(21)19-13/h4-6H,7-9,17H2,1-3H3,(H,18,19,21). The molecule has 1 heterocycles. The lowest BCUT2D eigenvalue weighted by molar-refractivity contribution is 0.206. The smallest absolute Gasteiger partial charge is 0.258 e. The molecule has 0 aliphatic rings. The van der Waals surface area contributed by atoms with E-state index in [1.807, 2.05) is 7.05 Å². The van der Waals surface area contributed by atoms with Crippen LogP contribution in [0, 0.1) is 5.41 Å². The van der Waals surface area contributed by atoms with Gasteiger partial charge in [-0.2, -0.15) is 0 Å². The van der Waals surface area contributed by atoms with Gasteiger partial charge < -0.3 is 10.7 Å². The number of aromatic nitrogens is 2. The second-order valence-corrected chi connectivity index (χ2v) is 6.65. The van der Waals surface area contributed by atoms with E-state index in [0.717, 1.165) is 6.54 Å². The van der Waals surface area contributed by atoms with Crippen molar-refractivity contribution in [2.45, 2.75) is 20.4 Å². The normalized spacial score (nSPS) is 12.3. The van der Waals surface area contributed by atoms with Crippen LogP contribution in [-0.2, 0) is 6.54 Å². The predicted molar refractivity (Wildman–Crippen MR) is 86.5 cm³/mol. The second kappa shape index (κ2) is 6.13. The van der Waals surface area contributed by atoms with Crippen LogP contribution >= 0.6 is 11.6 Å². The van der Waals surface area contributed by atoms with Gasteiger partial charge in [0, 0.05) is 11.6 Å². The Kier molecular flexibility index (Phi) is 4.66. The van der Waals surface area contributed by atoms with Gasteiger partial charge in [-0.25, -0.2) is 4.98 Å². The van der Waals surface area contributed by atoms with E-state index in [4.69, 9.17) is 17.3 Å². The fourth-order valence-corrected chi connectivity index (χ4v) is 2.51. The minimum Gasteiger partial charge on any atom is -0.330 e. The number of nitrogens with zero attached hydrogens (tertiary/aromatic N) is 2. The summed E-state index contributed by atoms with van der Waals surface area (Å²) in [4.78, 5) is 21.5. The average molecular weight is 309 g/mol. The highest BCUT2D eigenvalue weighted by molar-refractivity contribution is 6.31. The molecule has 2 aromatic rings. The average Bonchev–Trinajstić information content (AvgIpc) is 2.39. The van der Waals surface area contributed by atoms with Crippen molar-refractivity contribution in [1.82, 2.24) is 14.9 Å². The molecular formula is C15H21ClN4O. The number of nitrogens with one attached hydrogen (secondary N) is 1. The summed E-state index contributed by atoms with van der Waals surface area (Å²) in [7, 11) is 1.99. The first kappa shape index (κ1) is 15.9. The van der Waals surface area contributed by atoms with Gasteiger partial charge in [0.15, 0.2) is 0 Å². The highest BCUT2D eigenvalue weighted by atomic mass is 35.5. The van der Waals surface area contributed by atoms with Gasteiger partial charge in [0.2, 0.25) is 0 Å². The lowest BCUT2D eigenvalue weighted by atomic mass is 9.93. The summed E-state index contributed by atoms with van der Waals surface area (Å²) in [5, 5.41) is 1.04. The number of halogens is 1. The summed E-state index contributed by atoms with van der Waals surface area (Å²) in [5.74, 6) is 0.644. The maximum Gasteiger partial charge on any atom is 0.258 e. The van der Waals surface area contributed by atoms with Crippen LogP contribution in [0.3, 0.4) is 0 Å². The lowest BCUT2D eigenvalue weighted by Gasteiger charge is -2.28. The first-order valence-corrected chi connectivity index (χ1v) is 7.25. The predicted octanol–water partition coefficient (Wildman–Crippen LogP) is 1.99. The summed E-state index contributed by atoms with van der Waals surface area (Å²) < 4.78 is 0. The number of fused-ring (bicyclic) bond motifs is 1. The SMILES string of the molecule is CN(Cc1nc2ccc(Cl)cc2c(=O)[nH]1)CC(C)(C)CN. The zero-order valence-corrected chi connectivity index (χ0v) is 13.4. The molecule has 3 N–H and O–H groups in total. The van der Waals surface area contributed by atoms with E-state index in [9.17, 15) is 4.79 Å².